The maximum atomic E-state index is 11.8. The molecule has 0 saturated heterocycles. The first-order chi connectivity index (χ1) is 7.81. The van der Waals surface area contributed by atoms with Crippen LogP contribution in [0.15, 0.2) is 12.1 Å². The van der Waals surface area contributed by atoms with E-state index in [1.807, 2.05) is 19.2 Å². The largest absolute Gasteiger partial charge is 0.367 e. The van der Waals surface area contributed by atoms with Gasteiger partial charge in [-0.05, 0) is 46.1 Å². The van der Waals surface area contributed by atoms with Gasteiger partial charge in [-0.25, -0.2) is 0 Å². The van der Waals surface area contributed by atoms with E-state index in [0.717, 1.165) is 5.82 Å². The molecule has 0 fully saturated rings. The highest BCUT2D eigenvalue weighted by atomic mass is 32.2. The molecule has 1 rings (SSSR count). The number of anilines is 1. The van der Waals surface area contributed by atoms with Crippen molar-refractivity contribution in [2.75, 3.05) is 11.6 Å². The molecule has 1 atom stereocenters. The summed E-state index contributed by atoms with van der Waals surface area (Å²) in [4.78, 5) is 14.9. The second kappa shape index (κ2) is 5.49. The van der Waals surface area contributed by atoms with Crippen LogP contribution in [0.2, 0.25) is 0 Å². The summed E-state index contributed by atoms with van der Waals surface area (Å²) in [6.45, 7) is 8.18. The molecule has 0 aliphatic heterocycles. The van der Waals surface area contributed by atoms with Crippen LogP contribution in [0.1, 0.15) is 38.2 Å². The van der Waals surface area contributed by atoms with Gasteiger partial charge in [-0.2, -0.15) is 0 Å². The smallest absolute Gasteiger partial charge is 0.268 e. The predicted octanol–water partition coefficient (Wildman–Crippen LogP) is 2.66. The average Bonchev–Trinajstić information content (AvgIpc) is 2.63. The number of H-pyrrole nitrogens is 1. The van der Waals surface area contributed by atoms with Crippen LogP contribution in [0.4, 0.5) is 5.82 Å². The van der Waals surface area contributed by atoms with Gasteiger partial charge in [0, 0.05) is 5.54 Å². The van der Waals surface area contributed by atoms with Crippen LogP contribution in [0.3, 0.4) is 0 Å². The Morgan fingerprint density at radius 1 is 1.41 bits per heavy atom. The zero-order valence-electron chi connectivity index (χ0n) is 11.0. The summed E-state index contributed by atoms with van der Waals surface area (Å²) in [5.74, 6) is 0.785. The van der Waals surface area contributed by atoms with Gasteiger partial charge in [0.25, 0.3) is 5.91 Å². The third-order valence-corrected chi connectivity index (χ3v) is 2.95. The number of amides is 1. The lowest BCUT2D eigenvalue weighted by Gasteiger charge is -2.20. The molecule has 0 bridgehead atoms. The van der Waals surface area contributed by atoms with Crippen molar-refractivity contribution < 1.29 is 4.79 Å². The Morgan fingerprint density at radius 2 is 2.06 bits per heavy atom. The van der Waals surface area contributed by atoms with E-state index in [1.165, 1.54) is 0 Å². The van der Waals surface area contributed by atoms with E-state index in [9.17, 15) is 4.79 Å². The Balaban J connectivity index is 2.65. The van der Waals surface area contributed by atoms with Gasteiger partial charge < -0.3 is 15.6 Å². The highest BCUT2D eigenvalue weighted by Crippen LogP contribution is 2.14. The van der Waals surface area contributed by atoms with Crippen LogP contribution in [-0.2, 0) is 0 Å². The molecule has 1 unspecified atom stereocenters. The molecule has 1 heterocycles. The topological polar surface area (TPSA) is 56.9 Å². The van der Waals surface area contributed by atoms with E-state index < -0.39 is 0 Å². The minimum Gasteiger partial charge on any atom is -0.367 e. The van der Waals surface area contributed by atoms with Gasteiger partial charge >= 0.3 is 0 Å². The number of nitrogens with one attached hydrogen (secondary N) is 3. The first-order valence-corrected chi connectivity index (χ1v) is 6.91. The van der Waals surface area contributed by atoms with Crippen LogP contribution in [0.25, 0.3) is 0 Å². The van der Waals surface area contributed by atoms with Crippen molar-refractivity contribution in [1.82, 2.24) is 10.3 Å². The van der Waals surface area contributed by atoms with Crippen molar-refractivity contribution >= 4 is 23.5 Å². The molecule has 0 spiro atoms. The number of carbonyl (C=O) groups excluding carboxylic acids is 1. The lowest BCUT2D eigenvalue weighted by Crippen LogP contribution is -2.30. The molecule has 4 nitrogen and oxygen atoms in total. The standard InChI is InChI=1S/C12H21N3OS/c1-8(17-5)13-11(16)9-6-7-10(14-9)15-12(2,3)4/h6-8,14-15H,1-5H3,(H,13,16). The van der Waals surface area contributed by atoms with Gasteiger partial charge in [-0.3, -0.25) is 4.79 Å². The van der Waals surface area contributed by atoms with Crippen LogP contribution in [-0.4, -0.2) is 28.1 Å². The molecular weight excluding hydrogens is 234 g/mol. The Kier molecular flexibility index (Phi) is 4.51. The van der Waals surface area contributed by atoms with E-state index in [2.05, 4.69) is 36.4 Å². The quantitative estimate of drug-likeness (QED) is 0.725. The molecule has 17 heavy (non-hydrogen) atoms. The fraction of sp³-hybridized carbons (Fsp3) is 0.583. The van der Waals surface area contributed by atoms with Gasteiger partial charge in [0.1, 0.15) is 11.5 Å². The second-order valence-electron chi connectivity index (χ2n) is 5.01. The van der Waals surface area contributed by atoms with E-state index in [1.54, 1.807) is 17.8 Å². The molecule has 0 saturated carbocycles. The number of aromatic amines is 1. The number of carbonyl (C=O) groups is 1. The van der Waals surface area contributed by atoms with Crippen LogP contribution in [0.5, 0.6) is 0 Å². The van der Waals surface area contributed by atoms with E-state index in [-0.39, 0.29) is 16.8 Å². The summed E-state index contributed by atoms with van der Waals surface area (Å²) in [6.07, 6.45) is 1.96. The minimum absolute atomic E-state index is 0.0227. The summed E-state index contributed by atoms with van der Waals surface area (Å²) in [7, 11) is 0. The van der Waals surface area contributed by atoms with Crippen molar-refractivity contribution in [3.8, 4) is 0 Å². The molecule has 1 aromatic rings. The first-order valence-electron chi connectivity index (χ1n) is 5.62. The van der Waals surface area contributed by atoms with Crippen LogP contribution in [0, 0.1) is 0 Å². The molecule has 5 heteroatoms. The molecule has 0 aliphatic rings. The normalized spacial score (nSPS) is 13.2. The van der Waals surface area contributed by atoms with Crippen molar-refractivity contribution in [2.24, 2.45) is 0 Å². The molecule has 0 radical (unpaired) electrons. The highest BCUT2D eigenvalue weighted by Gasteiger charge is 2.14. The summed E-state index contributed by atoms with van der Waals surface area (Å²) >= 11 is 1.60. The van der Waals surface area contributed by atoms with Gasteiger partial charge in [0.2, 0.25) is 0 Å². The summed E-state index contributed by atoms with van der Waals surface area (Å²) < 4.78 is 0. The SMILES string of the molecule is CSC(C)NC(=O)c1ccc(NC(C)(C)C)[nH]1. The van der Waals surface area contributed by atoms with Crippen LogP contribution < -0.4 is 10.6 Å². The summed E-state index contributed by atoms with van der Waals surface area (Å²) in [5.41, 5.74) is 0.559. The zero-order chi connectivity index (χ0) is 13.1. The fourth-order valence-electron chi connectivity index (χ4n) is 1.33. The van der Waals surface area contributed by atoms with Gasteiger partial charge in [0.15, 0.2) is 0 Å². The van der Waals surface area contributed by atoms with Crippen molar-refractivity contribution in [1.29, 1.82) is 0 Å². The second-order valence-corrected chi connectivity index (χ2v) is 6.19. The lowest BCUT2D eigenvalue weighted by molar-refractivity contribution is 0.0947. The van der Waals surface area contributed by atoms with Gasteiger partial charge in [-0.1, -0.05) is 0 Å². The molecular formula is C12H21N3OS. The molecule has 1 aromatic heterocycles. The predicted molar refractivity (Wildman–Crippen MR) is 74.6 cm³/mol. The third kappa shape index (κ3) is 4.73. The van der Waals surface area contributed by atoms with E-state index in [4.69, 9.17) is 0 Å². The maximum Gasteiger partial charge on any atom is 0.268 e. The maximum absolute atomic E-state index is 11.8. The number of hydrogen-bond acceptors (Lipinski definition) is 3. The van der Waals surface area contributed by atoms with Crippen LogP contribution >= 0.6 is 11.8 Å². The Labute approximate surface area is 107 Å². The van der Waals surface area contributed by atoms with Crippen molar-refractivity contribution in [3.05, 3.63) is 17.8 Å². The van der Waals surface area contributed by atoms with Crippen molar-refractivity contribution in [3.63, 3.8) is 0 Å². The molecule has 96 valence electrons. The monoisotopic (exact) mass is 255 g/mol. The first kappa shape index (κ1) is 14.0. The summed E-state index contributed by atoms with van der Waals surface area (Å²) in [5, 5.41) is 6.29. The third-order valence-electron chi connectivity index (χ3n) is 2.13. The fourth-order valence-corrected chi connectivity index (χ4v) is 1.55. The van der Waals surface area contributed by atoms with Gasteiger partial charge in [-0.15, -0.1) is 11.8 Å². The molecule has 3 N–H and O–H groups in total. The highest BCUT2D eigenvalue weighted by molar-refractivity contribution is 7.99. The Bertz CT molecular complexity index is 381. The van der Waals surface area contributed by atoms with E-state index >= 15 is 0 Å². The van der Waals surface area contributed by atoms with Crippen molar-refractivity contribution in [2.45, 2.75) is 38.6 Å². The van der Waals surface area contributed by atoms with Gasteiger partial charge in [0.05, 0.1) is 5.37 Å². The molecule has 1 amide bonds. The summed E-state index contributed by atoms with van der Waals surface area (Å²) in [6, 6.07) is 3.67. The Morgan fingerprint density at radius 3 is 2.59 bits per heavy atom. The minimum atomic E-state index is -0.0752. The molecule has 0 aliphatic carbocycles. The zero-order valence-corrected chi connectivity index (χ0v) is 11.9. The Hall–Kier alpha value is -1.10. The number of aromatic nitrogens is 1. The molecule has 0 aromatic carbocycles. The number of hydrogen-bond donors (Lipinski definition) is 3. The lowest BCUT2D eigenvalue weighted by atomic mass is 10.1. The number of thioether (sulfide) groups is 1. The van der Waals surface area contributed by atoms with E-state index in [0.29, 0.717) is 5.69 Å². The average molecular weight is 255 g/mol. The number of rotatable bonds is 4.